The van der Waals surface area contributed by atoms with Crippen LogP contribution in [0, 0.1) is 11.8 Å². The van der Waals surface area contributed by atoms with Crippen LogP contribution < -0.4 is 0 Å². The van der Waals surface area contributed by atoms with Gasteiger partial charge in [-0.1, -0.05) is 41.1 Å². The van der Waals surface area contributed by atoms with Gasteiger partial charge in [0.05, 0.1) is 5.33 Å². The number of hydrogen-bond acceptors (Lipinski definition) is 1. The van der Waals surface area contributed by atoms with Crippen LogP contribution in [0.2, 0.25) is 0 Å². The van der Waals surface area contributed by atoms with Gasteiger partial charge in [-0.3, -0.25) is 0 Å². The van der Waals surface area contributed by atoms with Crippen LogP contribution in [0.3, 0.4) is 0 Å². The molecule has 0 aliphatic carbocycles. The summed E-state index contributed by atoms with van der Waals surface area (Å²) in [4.78, 5) is 0. The van der Waals surface area contributed by atoms with E-state index in [1.54, 1.807) is 0 Å². The Balaban J connectivity index is 3.36. The van der Waals surface area contributed by atoms with Crippen LogP contribution >= 0.6 is 15.9 Å². The number of rotatable bonds is 2. The summed E-state index contributed by atoms with van der Waals surface area (Å²) < 4.78 is 0. The summed E-state index contributed by atoms with van der Waals surface area (Å²) in [6.45, 7) is 2.03. The molecule has 1 N–H and O–H groups in total. The van der Waals surface area contributed by atoms with E-state index in [1.807, 2.05) is 6.92 Å². The highest BCUT2D eigenvalue weighted by Crippen LogP contribution is 1.92. The average molecular weight is 191 g/mol. The minimum Gasteiger partial charge on any atom is -0.380 e. The molecule has 0 bridgehead atoms. The average Bonchev–Trinajstić information content (AvgIpc) is 1.85. The van der Waals surface area contributed by atoms with Crippen molar-refractivity contribution in [1.29, 1.82) is 0 Å². The van der Waals surface area contributed by atoms with E-state index >= 15 is 0 Å². The van der Waals surface area contributed by atoms with Gasteiger partial charge in [-0.15, -0.1) is 0 Å². The van der Waals surface area contributed by atoms with Crippen LogP contribution in [-0.4, -0.2) is 16.5 Å². The molecular formula is C7H11BrO. The first-order valence-corrected chi connectivity index (χ1v) is 4.15. The van der Waals surface area contributed by atoms with Gasteiger partial charge in [0.25, 0.3) is 0 Å². The number of alkyl halides is 1. The van der Waals surface area contributed by atoms with Crippen LogP contribution in [0.25, 0.3) is 0 Å². The van der Waals surface area contributed by atoms with E-state index in [9.17, 15) is 0 Å². The van der Waals surface area contributed by atoms with Gasteiger partial charge in [0.15, 0.2) is 0 Å². The van der Waals surface area contributed by atoms with Crippen molar-refractivity contribution in [3.05, 3.63) is 0 Å². The predicted octanol–water partition coefficient (Wildman–Crippen LogP) is 1.55. The number of halogens is 1. The summed E-state index contributed by atoms with van der Waals surface area (Å²) in [5.41, 5.74) is 0. The molecule has 0 aromatic carbocycles. The first kappa shape index (κ1) is 9.00. The molecule has 1 atom stereocenters. The van der Waals surface area contributed by atoms with Gasteiger partial charge in [-0.05, 0) is 6.42 Å². The Morgan fingerprint density at radius 1 is 1.67 bits per heavy atom. The highest BCUT2D eigenvalue weighted by Gasteiger charge is 1.93. The fourth-order valence-electron chi connectivity index (χ4n) is 0.502. The molecule has 0 rings (SSSR count). The van der Waals surface area contributed by atoms with Gasteiger partial charge in [-0.25, -0.2) is 0 Å². The molecule has 0 amide bonds. The van der Waals surface area contributed by atoms with E-state index in [1.165, 1.54) is 0 Å². The molecule has 1 nitrogen and oxygen atoms in total. The van der Waals surface area contributed by atoms with Crippen molar-refractivity contribution in [1.82, 2.24) is 0 Å². The first-order chi connectivity index (χ1) is 4.31. The highest BCUT2D eigenvalue weighted by molar-refractivity contribution is 9.09. The van der Waals surface area contributed by atoms with Crippen molar-refractivity contribution in [2.24, 2.45) is 0 Å². The van der Waals surface area contributed by atoms with Crippen LogP contribution in [-0.2, 0) is 0 Å². The van der Waals surface area contributed by atoms with E-state index < -0.39 is 6.10 Å². The second kappa shape index (κ2) is 6.12. The number of aliphatic hydroxyl groups is 1. The minimum atomic E-state index is -0.424. The Morgan fingerprint density at radius 3 is 2.78 bits per heavy atom. The Morgan fingerprint density at radius 2 is 2.33 bits per heavy atom. The fourth-order valence-corrected chi connectivity index (χ4v) is 0.664. The normalized spacial score (nSPS) is 11.9. The predicted molar refractivity (Wildman–Crippen MR) is 42.5 cm³/mol. The van der Waals surface area contributed by atoms with Crippen molar-refractivity contribution in [3.8, 4) is 11.8 Å². The third-order valence-electron chi connectivity index (χ3n) is 0.898. The van der Waals surface area contributed by atoms with Gasteiger partial charge in [0.2, 0.25) is 0 Å². The molecule has 0 aliphatic rings. The molecule has 0 fully saturated rings. The maximum Gasteiger partial charge on any atom is 0.114 e. The summed E-state index contributed by atoms with van der Waals surface area (Å²) in [6, 6.07) is 0. The lowest BCUT2D eigenvalue weighted by atomic mass is 10.2. The van der Waals surface area contributed by atoms with Crippen molar-refractivity contribution in [2.75, 3.05) is 5.33 Å². The monoisotopic (exact) mass is 190 g/mol. The third kappa shape index (κ3) is 5.88. The smallest absolute Gasteiger partial charge is 0.114 e. The van der Waals surface area contributed by atoms with E-state index in [0.717, 1.165) is 12.8 Å². The largest absolute Gasteiger partial charge is 0.380 e. The maximum atomic E-state index is 8.99. The van der Waals surface area contributed by atoms with Gasteiger partial charge < -0.3 is 5.11 Å². The zero-order valence-corrected chi connectivity index (χ0v) is 7.11. The maximum absolute atomic E-state index is 8.99. The lowest BCUT2D eigenvalue weighted by Crippen LogP contribution is -2.00. The highest BCUT2D eigenvalue weighted by atomic mass is 79.9. The lowest BCUT2D eigenvalue weighted by molar-refractivity contribution is 0.221. The zero-order chi connectivity index (χ0) is 7.11. The Kier molecular flexibility index (Phi) is 6.12. The molecule has 0 heterocycles. The van der Waals surface area contributed by atoms with E-state index in [-0.39, 0.29) is 0 Å². The van der Waals surface area contributed by atoms with E-state index in [2.05, 4.69) is 27.8 Å². The molecule has 52 valence electrons. The van der Waals surface area contributed by atoms with Gasteiger partial charge in [-0.2, -0.15) is 0 Å². The van der Waals surface area contributed by atoms with Crippen LogP contribution in [0.4, 0.5) is 0 Å². The summed E-state index contributed by atoms with van der Waals surface area (Å²) in [5, 5.41) is 9.63. The van der Waals surface area contributed by atoms with Crippen LogP contribution in [0.1, 0.15) is 19.8 Å². The van der Waals surface area contributed by atoms with Crippen molar-refractivity contribution in [2.45, 2.75) is 25.9 Å². The third-order valence-corrected chi connectivity index (χ3v) is 1.18. The number of aliphatic hydroxyl groups excluding tert-OH is 1. The van der Waals surface area contributed by atoms with Crippen LogP contribution in [0.5, 0.6) is 0 Å². The van der Waals surface area contributed by atoms with Crippen molar-refractivity contribution in [3.63, 3.8) is 0 Å². The van der Waals surface area contributed by atoms with Gasteiger partial charge >= 0.3 is 0 Å². The number of hydrogen-bond donors (Lipinski definition) is 1. The quantitative estimate of drug-likeness (QED) is 0.518. The lowest BCUT2D eigenvalue weighted by Gasteiger charge is -1.96. The molecule has 0 aromatic heterocycles. The van der Waals surface area contributed by atoms with E-state index in [0.29, 0.717) is 5.33 Å². The Labute approximate surface area is 64.6 Å². The van der Waals surface area contributed by atoms with Gasteiger partial charge in [0, 0.05) is 0 Å². The standard InChI is InChI=1S/C7H11BrO/c1-2-4-7(9)5-3-6-8/h7,9H,2,4,6H2,1H3. The Bertz CT molecular complexity index is 112. The van der Waals surface area contributed by atoms with E-state index in [4.69, 9.17) is 5.11 Å². The topological polar surface area (TPSA) is 20.2 Å². The SMILES string of the molecule is CCCC(O)C#CCBr. The zero-order valence-electron chi connectivity index (χ0n) is 5.52. The second-order valence-electron chi connectivity index (χ2n) is 1.76. The summed E-state index contributed by atoms with van der Waals surface area (Å²) in [5.74, 6) is 5.44. The summed E-state index contributed by atoms with van der Waals surface area (Å²) in [6.07, 6.45) is 1.34. The van der Waals surface area contributed by atoms with Gasteiger partial charge in [0.1, 0.15) is 6.10 Å². The molecule has 9 heavy (non-hydrogen) atoms. The molecule has 0 saturated heterocycles. The second-order valence-corrected chi connectivity index (χ2v) is 2.32. The molecular weight excluding hydrogens is 180 g/mol. The molecule has 1 unspecified atom stereocenters. The molecule has 0 radical (unpaired) electrons. The molecule has 0 aliphatic heterocycles. The summed E-state index contributed by atoms with van der Waals surface area (Å²) >= 11 is 3.14. The Hall–Kier alpha value is 0. The molecule has 0 spiro atoms. The first-order valence-electron chi connectivity index (χ1n) is 3.03. The fraction of sp³-hybridized carbons (Fsp3) is 0.714. The minimum absolute atomic E-state index is 0.424. The molecule has 0 saturated carbocycles. The summed E-state index contributed by atoms with van der Waals surface area (Å²) in [7, 11) is 0. The van der Waals surface area contributed by atoms with Crippen molar-refractivity contribution >= 4 is 15.9 Å². The van der Waals surface area contributed by atoms with Crippen LogP contribution in [0.15, 0.2) is 0 Å². The molecule has 0 aromatic rings. The van der Waals surface area contributed by atoms with Crippen molar-refractivity contribution < 1.29 is 5.11 Å². The molecule has 2 heteroatoms.